The highest BCUT2D eigenvalue weighted by molar-refractivity contribution is 5.09. The largest absolute Gasteiger partial charge is 0.384 e. The SMILES string of the molecule is COCC1CCCN(CCC(N)c2ccc(F)cn2)C1. The van der Waals surface area contributed by atoms with Gasteiger partial charge in [-0.15, -0.1) is 0 Å². The number of nitrogens with two attached hydrogens (primary N) is 1. The van der Waals surface area contributed by atoms with E-state index in [1.807, 2.05) is 0 Å². The van der Waals surface area contributed by atoms with Crippen LogP contribution in [0.4, 0.5) is 4.39 Å². The highest BCUT2D eigenvalue weighted by Crippen LogP contribution is 2.19. The van der Waals surface area contributed by atoms with Gasteiger partial charge >= 0.3 is 0 Å². The first-order chi connectivity index (χ1) is 9.69. The van der Waals surface area contributed by atoms with Crippen LogP contribution < -0.4 is 5.73 Å². The van der Waals surface area contributed by atoms with E-state index in [2.05, 4.69) is 9.88 Å². The number of hydrogen-bond donors (Lipinski definition) is 1. The van der Waals surface area contributed by atoms with Gasteiger partial charge in [0.1, 0.15) is 5.82 Å². The highest BCUT2D eigenvalue weighted by Gasteiger charge is 2.20. The first-order valence-corrected chi connectivity index (χ1v) is 7.27. The molecule has 1 aromatic rings. The van der Waals surface area contributed by atoms with Crippen molar-refractivity contribution in [3.63, 3.8) is 0 Å². The molecule has 1 saturated heterocycles. The Morgan fingerprint density at radius 3 is 3.10 bits per heavy atom. The fourth-order valence-electron chi connectivity index (χ4n) is 2.80. The molecule has 2 rings (SSSR count). The minimum atomic E-state index is -0.320. The van der Waals surface area contributed by atoms with E-state index in [1.54, 1.807) is 13.2 Å². The summed E-state index contributed by atoms with van der Waals surface area (Å²) in [7, 11) is 1.76. The van der Waals surface area contributed by atoms with Crippen LogP contribution in [0.25, 0.3) is 0 Å². The van der Waals surface area contributed by atoms with Crippen LogP contribution in [-0.4, -0.2) is 43.2 Å². The topological polar surface area (TPSA) is 51.4 Å². The van der Waals surface area contributed by atoms with Gasteiger partial charge < -0.3 is 15.4 Å². The van der Waals surface area contributed by atoms with Crippen molar-refractivity contribution in [1.29, 1.82) is 0 Å². The first-order valence-electron chi connectivity index (χ1n) is 7.27. The van der Waals surface area contributed by atoms with E-state index in [9.17, 15) is 4.39 Å². The van der Waals surface area contributed by atoms with Crippen molar-refractivity contribution in [3.8, 4) is 0 Å². The Kier molecular flexibility index (Phi) is 5.88. The molecule has 1 fully saturated rings. The first kappa shape index (κ1) is 15.4. The highest BCUT2D eigenvalue weighted by atomic mass is 19.1. The summed E-state index contributed by atoms with van der Waals surface area (Å²) in [6, 6.07) is 2.96. The van der Waals surface area contributed by atoms with E-state index in [-0.39, 0.29) is 11.9 Å². The summed E-state index contributed by atoms with van der Waals surface area (Å²) in [4.78, 5) is 6.49. The predicted octanol–water partition coefficient (Wildman–Crippen LogP) is 1.97. The number of hydrogen-bond acceptors (Lipinski definition) is 4. The molecule has 2 N–H and O–H groups in total. The number of rotatable bonds is 6. The van der Waals surface area contributed by atoms with Crippen molar-refractivity contribution < 1.29 is 9.13 Å². The summed E-state index contributed by atoms with van der Waals surface area (Å²) in [6.07, 6.45) is 4.54. The number of pyridine rings is 1. The van der Waals surface area contributed by atoms with Crippen LogP contribution >= 0.6 is 0 Å². The predicted molar refractivity (Wildman–Crippen MR) is 76.8 cm³/mol. The van der Waals surface area contributed by atoms with Gasteiger partial charge in [0.05, 0.1) is 18.5 Å². The molecule has 0 aromatic carbocycles. The molecule has 0 bridgehead atoms. The lowest BCUT2D eigenvalue weighted by Crippen LogP contribution is -2.38. The molecule has 0 radical (unpaired) electrons. The number of aromatic nitrogens is 1. The summed E-state index contributed by atoms with van der Waals surface area (Å²) in [5, 5.41) is 0. The van der Waals surface area contributed by atoms with Crippen molar-refractivity contribution in [3.05, 3.63) is 29.8 Å². The fraction of sp³-hybridized carbons (Fsp3) is 0.667. The van der Waals surface area contributed by atoms with Gasteiger partial charge in [-0.25, -0.2) is 4.39 Å². The minimum Gasteiger partial charge on any atom is -0.384 e. The average molecular weight is 281 g/mol. The van der Waals surface area contributed by atoms with E-state index in [0.717, 1.165) is 38.4 Å². The van der Waals surface area contributed by atoms with Gasteiger partial charge in [-0.3, -0.25) is 4.98 Å². The molecule has 0 amide bonds. The second-order valence-corrected chi connectivity index (χ2v) is 5.56. The molecule has 4 nitrogen and oxygen atoms in total. The molecule has 112 valence electrons. The summed E-state index contributed by atoms with van der Waals surface area (Å²) >= 11 is 0. The summed E-state index contributed by atoms with van der Waals surface area (Å²) in [5.41, 5.74) is 6.88. The molecule has 2 atom stereocenters. The van der Waals surface area contributed by atoms with E-state index < -0.39 is 0 Å². The second kappa shape index (κ2) is 7.67. The van der Waals surface area contributed by atoms with E-state index in [0.29, 0.717) is 5.92 Å². The third-order valence-corrected chi connectivity index (χ3v) is 3.89. The van der Waals surface area contributed by atoms with Gasteiger partial charge in [0.2, 0.25) is 0 Å². The van der Waals surface area contributed by atoms with Crippen molar-refractivity contribution in [2.24, 2.45) is 11.7 Å². The number of halogens is 1. The zero-order valence-electron chi connectivity index (χ0n) is 12.1. The molecular formula is C15H24FN3O. The third kappa shape index (κ3) is 4.51. The Labute approximate surface area is 120 Å². The van der Waals surface area contributed by atoms with Crippen LogP contribution in [0.3, 0.4) is 0 Å². The number of nitrogens with zero attached hydrogens (tertiary/aromatic N) is 2. The molecule has 2 heterocycles. The lowest BCUT2D eigenvalue weighted by atomic mass is 9.98. The van der Waals surface area contributed by atoms with Crippen LogP contribution in [0.5, 0.6) is 0 Å². The Hall–Kier alpha value is -1.04. The second-order valence-electron chi connectivity index (χ2n) is 5.56. The van der Waals surface area contributed by atoms with Crippen LogP contribution in [0.1, 0.15) is 31.0 Å². The van der Waals surface area contributed by atoms with Crippen LogP contribution in [0.2, 0.25) is 0 Å². The smallest absolute Gasteiger partial charge is 0.141 e. The van der Waals surface area contributed by atoms with Gasteiger partial charge in [0.15, 0.2) is 0 Å². The molecule has 20 heavy (non-hydrogen) atoms. The van der Waals surface area contributed by atoms with Crippen molar-refractivity contribution in [1.82, 2.24) is 9.88 Å². The molecule has 0 spiro atoms. The number of ether oxygens (including phenoxy) is 1. The van der Waals surface area contributed by atoms with Gasteiger partial charge in [0, 0.05) is 26.2 Å². The molecule has 2 unspecified atom stereocenters. The lowest BCUT2D eigenvalue weighted by molar-refractivity contribution is 0.0892. The van der Waals surface area contributed by atoms with Gasteiger partial charge in [-0.05, 0) is 43.9 Å². The van der Waals surface area contributed by atoms with Crippen LogP contribution in [-0.2, 0) is 4.74 Å². The molecule has 1 aliphatic rings. The van der Waals surface area contributed by atoms with Gasteiger partial charge in [0.25, 0.3) is 0 Å². The third-order valence-electron chi connectivity index (χ3n) is 3.89. The Morgan fingerprint density at radius 1 is 1.55 bits per heavy atom. The van der Waals surface area contributed by atoms with E-state index >= 15 is 0 Å². The number of likely N-dealkylation sites (tertiary alicyclic amines) is 1. The maximum atomic E-state index is 12.8. The van der Waals surface area contributed by atoms with Crippen molar-refractivity contribution >= 4 is 0 Å². The Morgan fingerprint density at radius 2 is 2.40 bits per heavy atom. The number of methoxy groups -OCH3 is 1. The van der Waals surface area contributed by atoms with E-state index in [1.165, 1.54) is 25.1 Å². The number of piperidine rings is 1. The standard InChI is InChI=1S/C15H24FN3O/c1-20-11-12-3-2-7-19(10-12)8-6-14(17)15-5-4-13(16)9-18-15/h4-5,9,12,14H,2-3,6-8,10-11,17H2,1H3. The molecule has 5 heteroatoms. The average Bonchev–Trinajstić information content (AvgIpc) is 2.46. The van der Waals surface area contributed by atoms with Crippen molar-refractivity contribution in [2.45, 2.75) is 25.3 Å². The van der Waals surface area contributed by atoms with Crippen LogP contribution in [0.15, 0.2) is 18.3 Å². The zero-order valence-corrected chi connectivity index (χ0v) is 12.1. The molecule has 1 aromatic heterocycles. The quantitative estimate of drug-likeness (QED) is 0.866. The molecular weight excluding hydrogens is 257 g/mol. The Bertz CT molecular complexity index is 397. The van der Waals surface area contributed by atoms with Gasteiger partial charge in [-0.1, -0.05) is 0 Å². The maximum absolute atomic E-state index is 12.8. The van der Waals surface area contributed by atoms with Crippen molar-refractivity contribution in [2.75, 3.05) is 33.4 Å². The monoisotopic (exact) mass is 281 g/mol. The molecule has 0 aliphatic carbocycles. The molecule has 1 aliphatic heterocycles. The van der Waals surface area contributed by atoms with Gasteiger partial charge in [-0.2, -0.15) is 0 Å². The summed E-state index contributed by atoms with van der Waals surface area (Å²) < 4.78 is 18.1. The maximum Gasteiger partial charge on any atom is 0.141 e. The van der Waals surface area contributed by atoms with Crippen LogP contribution in [0, 0.1) is 11.7 Å². The minimum absolute atomic E-state index is 0.126. The lowest BCUT2D eigenvalue weighted by Gasteiger charge is -2.32. The van der Waals surface area contributed by atoms with E-state index in [4.69, 9.17) is 10.5 Å². The zero-order chi connectivity index (χ0) is 14.4. The fourth-order valence-corrected chi connectivity index (χ4v) is 2.80. The summed E-state index contributed by atoms with van der Waals surface area (Å²) in [6.45, 7) is 4.00. The summed E-state index contributed by atoms with van der Waals surface area (Å²) in [5.74, 6) is 0.313. The molecule has 0 saturated carbocycles. The Balaban J connectivity index is 1.78. The normalized spacial score (nSPS) is 21.9.